The number of carbonyl (C=O) groups is 1. The molecule has 1 saturated heterocycles. The number of rotatable bonds is 3. The minimum absolute atomic E-state index is 0.120. The van der Waals surface area contributed by atoms with Crippen molar-refractivity contribution in [1.82, 2.24) is 5.32 Å². The minimum atomic E-state index is -0.312. The molecule has 1 fully saturated rings. The van der Waals surface area contributed by atoms with Gasteiger partial charge in [-0.1, -0.05) is 23.2 Å². The fraction of sp³-hybridized carbons (Fsp3) is 0.0588. The molecule has 0 aliphatic carbocycles. The molecule has 2 aromatic rings. The van der Waals surface area contributed by atoms with Gasteiger partial charge in [-0.15, -0.1) is 0 Å². The molecule has 1 heterocycles. The molecule has 0 saturated carbocycles. The zero-order valence-electron chi connectivity index (χ0n) is 12.9. The van der Waals surface area contributed by atoms with E-state index in [1.54, 1.807) is 31.4 Å². The van der Waals surface area contributed by atoms with Crippen LogP contribution in [0.25, 0.3) is 6.08 Å². The van der Waals surface area contributed by atoms with E-state index in [2.05, 4.69) is 10.3 Å². The number of hydrogen-bond donors (Lipinski definition) is 2. The van der Waals surface area contributed by atoms with Crippen LogP contribution in [0.5, 0.6) is 11.5 Å². The Bertz CT molecular complexity index is 896. The summed E-state index contributed by atoms with van der Waals surface area (Å²) in [6, 6.07) is 10.1. The van der Waals surface area contributed by atoms with Crippen LogP contribution in [0.4, 0.5) is 5.69 Å². The molecule has 3 rings (SSSR count). The normalized spacial score (nSPS) is 17.2. The molecule has 0 spiro atoms. The SMILES string of the molecule is COc1ccc(N=C2NC(=O)/C(=C\c3cc(Cl)cc(Cl)c3O)S2)cc1. The Labute approximate surface area is 158 Å². The van der Waals surface area contributed by atoms with Crippen molar-refractivity contribution in [1.29, 1.82) is 0 Å². The summed E-state index contributed by atoms with van der Waals surface area (Å²) in [5.41, 5.74) is 1.04. The van der Waals surface area contributed by atoms with Crippen molar-refractivity contribution < 1.29 is 14.6 Å². The highest BCUT2D eigenvalue weighted by atomic mass is 35.5. The van der Waals surface area contributed by atoms with Crippen LogP contribution in [0.1, 0.15) is 5.56 Å². The van der Waals surface area contributed by atoms with Gasteiger partial charge in [0, 0.05) is 10.6 Å². The molecule has 0 atom stereocenters. The van der Waals surface area contributed by atoms with Gasteiger partial charge >= 0.3 is 0 Å². The van der Waals surface area contributed by atoms with Crippen LogP contribution in [-0.4, -0.2) is 23.3 Å². The second-order valence-electron chi connectivity index (χ2n) is 5.01. The number of carbonyl (C=O) groups excluding carboxylic acids is 1. The molecule has 1 amide bonds. The minimum Gasteiger partial charge on any atom is -0.506 e. The third-order valence-electron chi connectivity index (χ3n) is 3.30. The molecular weight excluding hydrogens is 383 g/mol. The van der Waals surface area contributed by atoms with Crippen LogP contribution in [-0.2, 0) is 4.79 Å². The zero-order chi connectivity index (χ0) is 18.0. The van der Waals surface area contributed by atoms with Gasteiger partial charge in [-0.3, -0.25) is 4.79 Å². The number of halogens is 2. The summed E-state index contributed by atoms with van der Waals surface area (Å²) in [5.74, 6) is 0.279. The molecule has 128 valence electrons. The van der Waals surface area contributed by atoms with E-state index < -0.39 is 0 Å². The average Bonchev–Trinajstić information content (AvgIpc) is 2.92. The molecule has 0 aromatic heterocycles. The summed E-state index contributed by atoms with van der Waals surface area (Å²) in [7, 11) is 1.59. The maximum atomic E-state index is 12.1. The van der Waals surface area contributed by atoms with E-state index >= 15 is 0 Å². The van der Waals surface area contributed by atoms with Gasteiger partial charge in [0.25, 0.3) is 5.91 Å². The van der Waals surface area contributed by atoms with Crippen LogP contribution in [0, 0.1) is 0 Å². The lowest BCUT2D eigenvalue weighted by Crippen LogP contribution is -2.19. The molecule has 1 aliphatic rings. The zero-order valence-corrected chi connectivity index (χ0v) is 15.2. The number of hydrogen-bond acceptors (Lipinski definition) is 5. The van der Waals surface area contributed by atoms with Crippen molar-refractivity contribution in [2.45, 2.75) is 0 Å². The van der Waals surface area contributed by atoms with Gasteiger partial charge in [-0.05, 0) is 54.2 Å². The highest BCUT2D eigenvalue weighted by Crippen LogP contribution is 2.35. The number of amidine groups is 1. The predicted molar refractivity (Wildman–Crippen MR) is 102 cm³/mol. The molecule has 1 aliphatic heterocycles. The Kier molecular flexibility index (Phi) is 5.22. The number of phenolic OH excluding ortho intramolecular Hbond substituents is 1. The maximum Gasteiger partial charge on any atom is 0.264 e. The van der Waals surface area contributed by atoms with Gasteiger partial charge in [-0.2, -0.15) is 0 Å². The Morgan fingerprint density at radius 2 is 1.96 bits per heavy atom. The maximum absolute atomic E-state index is 12.1. The monoisotopic (exact) mass is 394 g/mol. The first-order valence-electron chi connectivity index (χ1n) is 7.08. The van der Waals surface area contributed by atoms with E-state index in [0.717, 1.165) is 17.5 Å². The number of ether oxygens (including phenoxy) is 1. The quantitative estimate of drug-likeness (QED) is 0.746. The summed E-state index contributed by atoms with van der Waals surface area (Å²) < 4.78 is 5.09. The van der Waals surface area contributed by atoms with Crippen LogP contribution >= 0.6 is 35.0 Å². The topological polar surface area (TPSA) is 70.9 Å². The standard InChI is InChI=1S/C17H12Cl2N2O3S/c1-24-12-4-2-11(3-5-12)20-17-21-16(23)14(25-17)7-9-6-10(18)8-13(19)15(9)22/h2-8,22H,1H3,(H,20,21,23)/b14-7+. The summed E-state index contributed by atoms with van der Waals surface area (Å²) >= 11 is 13.0. The largest absolute Gasteiger partial charge is 0.506 e. The first-order chi connectivity index (χ1) is 12.0. The van der Waals surface area contributed by atoms with Crippen molar-refractivity contribution in [3.05, 3.63) is 56.9 Å². The highest BCUT2D eigenvalue weighted by molar-refractivity contribution is 8.18. The number of benzene rings is 2. The van der Waals surface area contributed by atoms with E-state index in [1.807, 2.05) is 0 Å². The Balaban J connectivity index is 1.86. The molecule has 0 bridgehead atoms. The van der Waals surface area contributed by atoms with Gasteiger partial charge < -0.3 is 15.2 Å². The van der Waals surface area contributed by atoms with Crippen molar-refractivity contribution in [3.8, 4) is 11.5 Å². The van der Waals surface area contributed by atoms with Gasteiger partial charge in [0.15, 0.2) is 5.17 Å². The second-order valence-corrected chi connectivity index (χ2v) is 6.88. The van der Waals surface area contributed by atoms with E-state index in [-0.39, 0.29) is 16.7 Å². The fourth-order valence-corrected chi connectivity index (χ4v) is 3.43. The molecule has 0 unspecified atom stereocenters. The third-order valence-corrected chi connectivity index (χ3v) is 4.71. The van der Waals surface area contributed by atoms with E-state index in [1.165, 1.54) is 18.2 Å². The molecule has 0 radical (unpaired) electrons. The Morgan fingerprint density at radius 1 is 1.24 bits per heavy atom. The first kappa shape index (κ1) is 17.7. The van der Waals surface area contributed by atoms with Gasteiger partial charge in [0.1, 0.15) is 11.5 Å². The summed E-state index contributed by atoms with van der Waals surface area (Å²) in [4.78, 5) is 16.9. The summed E-state index contributed by atoms with van der Waals surface area (Å²) in [6.45, 7) is 0. The van der Waals surface area contributed by atoms with Crippen LogP contribution in [0.2, 0.25) is 10.0 Å². The number of nitrogens with one attached hydrogen (secondary N) is 1. The van der Waals surface area contributed by atoms with Crippen LogP contribution < -0.4 is 10.1 Å². The molecular formula is C17H12Cl2N2O3S. The van der Waals surface area contributed by atoms with Crippen LogP contribution in [0.3, 0.4) is 0 Å². The fourth-order valence-electron chi connectivity index (χ4n) is 2.09. The molecule has 2 N–H and O–H groups in total. The van der Waals surface area contributed by atoms with Gasteiger partial charge in [0.2, 0.25) is 0 Å². The lowest BCUT2D eigenvalue weighted by Gasteiger charge is -2.03. The molecule has 5 nitrogen and oxygen atoms in total. The Hall–Kier alpha value is -2.15. The lowest BCUT2D eigenvalue weighted by molar-refractivity contribution is -0.115. The van der Waals surface area contributed by atoms with E-state index in [4.69, 9.17) is 27.9 Å². The number of nitrogens with zero attached hydrogens (tertiary/aromatic N) is 1. The van der Waals surface area contributed by atoms with E-state index in [0.29, 0.717) is 26.3 Å². The second kappa shape index (κ2) is 7.39. The van der Waals surface area contributed by atoms with Gasteiger partial charge in [0.05, 0.1) is 22.7 Å². The number of phenols is 1. The smallest absolute Gasteiger partial charge is 0.264 e. The number of aliphatic imine (C=N–C) groups is 1. The van der Waals surface area contributed by atoms with Crippen LogP contribution in [0.15, 0.2) is 46.3 Å². The summed E-state index contributed by atoms with van der Waals surface area (Å²) in [6.07, 6.45) is 1.52. The molecule has 25 heavy (non-hydrogen) atoms. The molecule has 8 heteroatoms. The van der Waals surface area contributed by atoms with Crippen molar-refractivity contribution in [2.75, 3.05) is 7.11 Å². The lowest BCUT2D eigenvalue weighted by atomic mass is 10.2. The van der Waals surface area contributed by atoms with Crippen molar-refractivity contribution >= 4 is 57.8 Å². The Morgan fingerprint density at radius 3 is 2.64 bits per heavy atom. The number of aromatic hydroxyl groups is 1. The van der Waals surface area contributed by atoms with Crippen molar-refractivity contribution in [2.24, 2.45) is 4.99 Å². The number of methoxy groups -OCH3 is 1. The van der Waals surface area contributed by atoms with Gasteiger partial charge in [-0.25, -0.2) is 4.99 Å². The molecule has 2 aromatic carbocycles. The highest BCUT2D eigenvalue weighted by Gasteiger charge is 2.24. The number of amides is 1. The summed E-state index contributed by atoms with van der Waals surface area (Å²) in [5, 5.41) is 13.6. The first-order valence-corrected chi connectivity index (χ1v) is 8.65. The van der Waals surface area contributed by atoms with E-state index in [9.17, 15) is 9.90 Å². The number of thioether (sulfide) groups is 1. The third kappa shape index (κ3) is 4.10. The average molecular weight is 395 g/mol. The predicted octanol–water partition coefficient (Wildman–Crippen LogP) is 4.60. The van der Waals surface area contributed by atoms with Crippen molar-refractivity contribution in [3.63, 3.8) is 0 Å².